The average Bonchev–Trinajstić information content (AvgIpc) is 2.47. The van der Waals surface area contributed by atoms with Gasteiger partial charge in [0.05, 0.1) is 0 Å². The van der Waals surface area contributed by atoms with Crippen LogP contribution in [0, 0.1) is 0 Å². The van der Waals surface area contributed by atoms with Crippen molar-refractivity contribution in [2.45, 2.75) is 32.9 Å². The molecular weight excluding hydrogens is 276 g/mol. The van der Waals surface area contributed by atoms with Crippen molar-refractivity contribution in [3.05, 3.63) is 60.4 Å². The second-order valence-corrected chi connectivity index (χ2v) is 6.13. The van der Waals surface area contributed by atoms with Crippen molar-refractivity contribution in [3.8, 4) is 0 Å². The van der Waals surface area contributed by atoms with Gasteiger partial charge in [0.2, 0.25) is 0 Å². The van der Waals surface area contributed by atoms with E-state index in [9.17, 15) is 4.79 Å². The van der Waals surface area contributed by atoms with Crippen LogP contribution in [0.4, 0.5) is 5.69 Å². The maximum atomic E-state index is 12.2. The summed E-state index contributed by atoms with van der Waals surface area (Å²) < 4.78 is 5.43. The lowest BCUT2D eigenvalue weighted by Gasteiger charge is -2.26. The highest BCUT2D eigenvalue weighted by Crippen LogP contribution is 2.17. The second kappa shape index (κ2) is 7.07. The van der Waals surface area contributed by atoms with Crippen molar-refractivity contribution in [2.24, 2.45) is 0 Å². The lowest BCUT2D eigenvalue weighted by molar-refractivity contribution is -0.153. The number of carbonyl (C=O) groups is 1. The lowest BCUT2D eigenvalue weighted by atomic mass is 10.2. The molecule has 0 N–H and O–H groups in total. The number of hydrogen-bond acceptors (Lipinski definition) is 4. The third kappa shape index (κ3) is 5.20. The van der Waals surface area contributed by atoms with Crippen LogP contribution in [0.3, 0.4) is 0 Å². The fraction of sp³-hybridized carbons (Fsp3) is 0.333. The first-order chi connectivity index (χ1) is 10.4. The summed E-state index contributed by atoms with van der Waals surface area (Å²) in [5.41, 5.74) is 1.61. The molecule has 0 fully saturated rings. The van der Waals surface area contributed by atoms with E-state index in [1.807, 2.05) is 68.1 Å². The SMILES string of the molecule is CC(C)(C)OC(=O)CN(Cc1ccccc1)c1ccncc1. The molecule has 1 heterocycles. The maximum Gasteiger partial charge on any atom is 0.326 e. The van der Waals surface area contributed by atoms with Gasteiger partial charge in [-0.1, -0.05) is 30.3 Å². The molecule has 0 saturated carbocycles. The number of rotatable bonds is 5. The molecular formula is C18H22N2O2. The number of hydrogen-bond donors (Lipinski definition) is 0. The van der Waals surface area contributed by atoms with Gasteiger partial charge in [0.1, 0.15) is 12.1 Å². The van der Waals surface area contributed by atoms with Crippen LogP contribution in [0.2, 0.25) is 0 Å². The molecule has 4 heteroatoms. The minimum absolute atomic E-state index is 0.205. The molecule has 116 valence electrons. The highest BCUT2D eigenvalue weighted by molar-refractivity contribution is 5.76. The molecule has 0 aliphatic rings. The Hall–Kier alpha value is -2.36. The summed E-state index contributed by atoms with van der Waals surface area (Å²) in [6, 6.07) is 13.8. The van der Waals surface area contributed by atoms with Crippen LogP contribution in [0.1, 0.15) is 26.3 Å². The number of aromatic nitrogens is 1. The van der Waals surface area contributed by atoms with Gasteiger partial charge in [0, 0.05) is 24.6 Å². The van der Waals surface area contributed by atoms with Gasteiger partial charge < -0.3 is 9.64 Å². The third-order valence-electron chi connectivity index (χ3n) is 2.98. The van der Waals surface area contributed by atoms with Gasteiger partial charge in [-0.3, -0.25) is 9.78 Å². The number of pyridine rings is 1. The van der Waals surface area contributed by atoms with E-state index in [1.54, 1.807) is 12.4 Å². The molecule has 0 radical (unpaired) electrons. The Bertz CT molecular complexity index is 591. The average molecular weight is 298 g/mol. The summed E-state index contributed by atoms with van der Waals surface area (Å²) in [5, 5.41) is 0. The Morgan fingerprint density at radius 2 is 1.73 bits per heavy atom. The predicted molar refractivity (Wildman–Crippen MR) is 87.6 cm³/mol. The molecule has 22 heavy (non-hydrogen) atoms. The van der Waals surface area contributed by atoms with E-state index in [4.69, 9.17) is 4.74 Å². The van der Waals surface area contributed by atoms with Crippen LogP contribution in [-0.4, -0.2) is 23.1 Å². The lowest BCUT2D eigenvalue weighted by Crippen LogP contribution is -2.34. The van der Waals surface area contributed by atoms with Crippen molar-refractivity contribution < 1.29 is 9.53 Å². The standard InChI is InChI=1S/C18H22N2O2/c1-18(2,3)22-17(21)14-20(16-9-11-19-12-10-16)13-15-7-5-4-6-8-15/h4-12H,13-14H2,1-3H3. The highest BCUT2D eigenvalue weighted by Gasteiger charge is 2.19. The number of carbonyl (C=O) groups excluding carboxylic acids is 1. The van der Waals surface area contributed by atoms with E-state index in [2.05, 4.69) is 4.98 Å². The van der Waals surface area contributed by atoms with E-state index in [1.165, 1.54) is 0 Å². The van der Waals surface area contributed by atoms with Gasteiger partial charge in [-0.05, 0) is 38.5 Å². The first-order valence-electron chi connectivity index (χ1n) is 7.35. The number of nitrogens with zero attached hydrogens (tertiary/aromatic N) is 2. The van der Waals surface area contributed by atoms with Gasteiger partial charge in [0.25, 0.3) is 0 Å². The van der Waals surface area contributed by atoms with Crippen molar-refractivity contribution >= 4 is 11.7 Å². The molecule has 2 aromatic rings. The Balaban J connectivity index is 2.14. The van der Waals surface area contributed by atoms with Crippen LogP contribution < -0.4 is 4.90 Å². The first-order valence-corrected chi connectivity index (χ1v) is 7.35. The van der Waals surface area contributed by atoms with E-state index < -0.39 is 5.60 Å². The van der Waals surface area contributed by atoms with Gasteiger partial charge in [-0.15, -0.1) is 0 Å². The summed E-state index contributed by atoms with van der Waals surface area (Å²) in [4.78, 5) is 18.2. The van der Waals surface area contributed by atoms with Crippen LogP contribution in [0.15, 0.2) is 54.9 Å². The third-order valence-corrected chi connectivity index (χ3v) is 2.98. The molecule has 0 bridgehead atoms. The molecule has 0 saturated heterocycles. The number of anilines is 1. The Morgan fingerprint density at radius 3 is 2.32 bits per heavy atom. The zero-order valence-corrected chi connectivity index (χ0v) is 13.3. The Labute approximate surface area is 131 Å². The molecule has 4 nitrogen and oxygen atoms in total. The van der Waals surface area contributed by atoms with Crippen LogP contribution in [0.5, 0.6) is 0 Å². The molecule has 0 atom stereocenters. The number of ether oxygens (including phenoxy) is 1. The molecule has 0 amide bonds. The largest absolute Gasteiger partial charge is 0.459 e. The molecule has 0 aliphatic heterocycles. The molecule has 1 aromatic carbocycles. The van der Waals surface area contributed by atoms with Crippen molar-refractivity contribution in [1.29, 1.82) is 0 Å². The molecule has 0 spiro atoms. The second-order valence-electron chi connectivity index (χ2n) is 6.13. The summed E-state index contributed by atoms with van der Waals surface area (Å²) in [5.74, 6) is -0.236. The van der Waals surface area contributed by atoms with E-state index in [0.29, 0.717) is 6.54 Å². The summed E-state index contributed by atoms with van der Waals surface area (Å²) in [7, 11) is 0. The predicted octanol–water partition coefficient (Wildman–Crippen LogP) is 3.43. The molecule has 2 rings (SSSR count). The van der Waals surface area contributed by atoms with Crippen LogP contribution >= 0.6 is 0 Å². The molecule has 0 unspecified atom stereocenters. The topological polar surface area (TPSA) is 42.4 Å². The molecule has 0 aliphatic carbocycles. The van der Waals surface area contributed by atoms with Gasteiger partial charge >= 0.3 is 5.97 Å². The first kappa shape index (κ1) is 16.0. The zero-order valence-electron chi connectivity index (χ0n) is 13.3. The van der Waals surface area contributed by atoms with Crippen molar-refractivity contribution in [3.63, 3.8) is 0 Å². The minimum atomic E-state index is -0.478. The number of esters is 1. The van der Waals surface area contributed by atoms with E-state index in [-0.39, 0.29) is 12.5 Å². The van der Waals surface area contributed by atoms with Crippen LogP contribution in [0.25, 0.3) is 0 Å². The van der Waals surface area contributed by atoms with Gasteiger partial charge in [-0.2, -0.15) is 0 Å². The fourth-order valence-corrected chi connectivity index (χ4v) is 2.13. The number of benzene rings is 1. The van der Waals surface area contributed by atoms with Crippen LogP contribution in [-0.2, 0) is 16.1 Å². The molecule has 1 aromatic heterocycles. The van der Waals surface area contributed by atoms with Gasteiger partial charge in [-0.25, -0.2) is 0 Å². The van der Waals surface area contributed by atoms with Crippen molar-refractivity contribution in [1.82, 2.24) is 4.98 Å². The Kier molecular flexibility index (Phi) is 5.15. The fourth-order valence-electron chi connectivity index (χ4n) is 2.13. The quantitative estimate of drug-likeness (QED) is 0.793. The highest BCUT2D eigenvalue weighted by atomic mass is 16.6. The Morgan fingerprint density at radius 1 is 1.09 bits per heavy atom. The monoisotopic (exact) mass is 298 g/mol. The van der Waals surface area contributed by atoms with Crippen molar-refractivity contribution in [2.75, 3.05) is 11.4 Å². The minimum Gasteiger partial charge on any atom is -0.459 e. The zero-order chi connectivity index (χ0) is 16.0. The maximum absolute atomic E-state index is 12.2. The van der Waals surface area contributed by atoms with Gasteiger partial charge in [0.15, 0.2) is 0 Å². The normalized spacial score (nSPS) is 11.0. The summed E-state index contributed by atoms with van der Waals surface area (Å²) >= 11 is 0. The van der Waals surface area contributed by atoms with E-state index >= 15 is 0 Å². The smallest absolute Gasteiger partial charge is 0.326 e. The summed E-state index contributed by atoms with van der Waals surface area (Å²) in [6.45, 7) is 6.47. The summed E-state index contributed by atoms with van der Waals surface area (Å²) in [6.07, 6.45) is 3.45. The van der Waals surface area contributed by atoms with E-state index in [0.717, 1.165) is 11.3 Å².